The summed E-state index contributed by atoms with van der Waals surface area (Å²) < 4.78 is 0. The fraction of sp³-hybridized carbons (Fsp3) is 0.923. The highest BCUT2D eigenvalue weighted by Crippen LogP contribution is 2.33. The average Bonchev–Trinajstić information content (AvgIpc) is 2.75. The van der Waals surface area contributed by atoms with Crippen molar-refractivity contribution < 1.29 is 0 Å². The summed E-state index contributed by atoms with van der Waals surface area (Å²) in [4.78, 5) is 2.42. The third-order valence-corrected chi connectivity index (χ3v) is 4.17. The lowest BCUT2D eigenvalue weighted by Crippen LogP contribution is -2.39. The van der Waals surface area contributed by atoms with Gasteiger partial charge in [0.1, 0.15) is 6.04 Å². The van der Waals surface area contributed by atoms with E-state index in [1.54, 1.807) is 0 Å². The zero-order chi connectivity index (χ0) is 10.7. The summed E-state index contributed by atoms with van der Waals surface area (Å²) in [7, 11) is 0. The van der Waals surface area contributed by atoms with Crippen molar-refractivity contribution in [3.05, 3.63) is 0 Å². The van der Waals surface area contributed by atoms with E-state index in [0.717, 1.165) is 19.0 Å². The summed E-state index contributed by atoms with van der Waals surface area (Å²) in [5.41, 5.74) is 0. The number of hydrogen-bond donors (Lipinski definition) is 0. The largest absolute Gasteiger partial charge is 0.288 e. The molecular formula is C13H22N2. The zero-order valence-corrected chi connectivity index (χ0v) is 9.78. The third kappa shape index (κ3) is 2.52. The Kier molecular flexibility index (Phi) is 3.64. The Morgan fingerprint density at radius 1 is 1.13 bits per heavy atom. The van der Waals surface area contributed by atoms with Crippen LogP contribution in [0.3, 0.4) is 0 Å². The van der Waals surface area contributed by atoms with Gasteiger partial charge in [0.05, 0.1) is 6.07 Å². The molecule has 1 aliphatic heterocycles. The second kappa shape index (κ2) is 4.99. The first kappa shape index (κ1) is 11.0. The highest BCUT2D eigenvalue weighted by atomic mass is 15.2. The van der Waals surface area contributed by atoms with Gasteiger partial charge in [-0.1, -0.05) is 19.8 Å². The van der Waals surface area contributed by atoms with E-state index in [4.69, 9.17) is 0 Å². The SMILES string of the molecule is CC1CCC(C(C#N)N2CCCC2)CC1. The molecule has 1 atom stereocenters. The molecule has 0 amide bonds. The van der Waals surface area contributed by atoms with Crippen LogP contribution >= 0.6 is 0 Å². The molecule has 0 aromatic heterocycles. The van der Waals surface area contributed by atoms with E-state index in [2.05, 4.69) is 17.9 Å². The van der Waals surface area contributed by atoms with Crippen LogP contribution < -0.4 is 0 Å². The first-order chi connectivity index (χ1) is 7.31. The molecule has 1 saturated heterocycles. The lowest BCUT2D eigenvalue weighted by atomic mass is 9.79. The highest BCUT2D eigenvalue weighted by Gasteiger charge is 2.31. The lowest BCUT2D eigenvalue weighted by Gasteiger charge is -2.33. The predicted molar refractivity (Wildman–Crippen MR) is 61.3 cm³/mol. The molecule has 2 nitrogen and oxygen atoms in total. The van der Waals surface area contributed by atoms with Gasteiger partial charge in [-0.05, 0) is 50.6 Å². The fourth-order valence-electron chi connectivity index (χ4n) is 3.11. The molecule has 2 aliphatic rings. The number of nitriles is 1. The molecule has 2 rings (SSSR count). The van der Waals surface area contributed by atoms with E-state index in [0.29, 0.717) is 5.92 Å². The Labute approximate surface area is 93.3 Å². The molecule has 0 bridgehead atoms. The minimum absolute atomic E-state index is 0.222. The average molecular weight is 206 g/mol. The Morgan fingerprint density at radius 3 is 2.27 bits per heavy atom. The molecular weight excluding hydrogens is 184 g/mol. The number of nitrogens with zero attached hydrogens (tertiary/aromatic N) is 2. The van der Waals surface area contributed by atoms with Crippen LogP contribution in [0, 0.1) is 23.2 Å². The molecule has 1 aliphatic carbocycles. The quantitative estimate of drug-likeness (QED) is 0.694. The van der Waals surface area contributed by atoms with Gasteiger partial charge in [-0.25, -0.2) is 0 Å². The second-order valence-corrected chi connectivity index (χ2v) is 5.34. The van der Waals surface area contributed by atoms with Crippen LogP contribution in [0.15, 0.2) is 0 Å². The van der Waals surface area contributed by atoms with E-state index in [-0.39, 0.29) is 6.04 Å². The lowest BCUT2D eigenvalue weighted by molar-refractivity contribution is 0.166. The minimum Gasteiger partial charge on any atom is -0.288 e. The smallest absolute Gasteiger partial charge is 0.101 e. The number of rotatable bonds is 2. The summed E-state index contributed by atoms with van der Waals surface area (Å²) in [6, 6.07) is 2.78. The van der Waals surface area contributed by atoms with Crippen molar-refractivity contribution in [3.8, 4) is 6.07 Å². The standard InChI is InChI=1S/C13H22N2/c1-11-4-6-12(7-5-11)13(10-14)15-8-2-3-9-15/h11-13H,2-9H2,1H3. The van der Waals surface area contributed by atoms with Gasteiger partial charge < -0.3 is 0 Å². The van der Waals surface area contributed by atoms with Crippen molar-refractivity contribution >= 4 is 0 Å². The Balaban J connectivity index is 1.92. The van der Waals surface area contributed by atoms with E-state index < -0.39 is 0 Å². The Bertz CT molecular complexity index is 229. The monoisotopic (exact) mass is 206 g/mol. The van der Waals surface area contributed by atoms with E-state index in [9.17, 15) is 5.26 Å². The number of likely N-dealkylation sites (tertiary alicyclic amines) is 1. The van der Waals surface area contributed by atoms with Crippen LogP contribution in [-0.2, 0) is 0 Å². The molecule has 0 N–H and O–H groups in total. The van der Waals surface area contributed by atoms with Gasteiger partial charge in [-0.3, -0.25) is 4.90 Å². The maximum Gasteiger partial charge on any atom is 0.101 e. The summed E-state index contributed by atoms with van der Waals surface area (Å²) in [6.07, 6.45) is 7.79. The van der Waals surface area contributed by atoms with Gasteiger partial charge in [-0.15, -0.1) is 0 Å². The first-order valence-corrected chi connectivity index (χ1v) is 6.45. The zero-order valence-electron chi connectivity index (χ0n) is 9.78. The Hall–Kier alpha value is -0.550. The predicted octanol–water partition coefficient (Wildman–Crippen LogP) is 2.80. The summed E-state index contributed by atoms with van der Waals surface area (Å²) >= 11 is 0. The van der Waals surface area contributed by atoms with Crippen LogP contribution in [0.5, 0.6) is 0 Å². The molecule has 0 spiro atoms. The molecule has 15 heavy (non-hydrogen) atoms. The van der Waals surface area contributed by atoms with Crippen molar-refractivity contribution in [2.24, 2.45) is 11.8 Å². The van der Waals surface area contributed by atoms with Crippen LogP contribution in [0.4, 0.5) is 0 Å². The molecule has 2 fully saturated rings. The van der Waals surface area contributed by atoms with Crippen LogP contribution in [0.1, 0.15) is 45.4 Å². The highest BCUT2D eigenvalue weighted by molar-refractivity contribution is 4.98. The molecule has 0 radical (unpaired) electrons. The fourth-order valence-corrected chi connectivity index (χ4v) is 3.11. The van der Waals surface area contributed by atoms with Crippen molar-refractivity contribution in [1.29, 1.82) is 5.26 Å². The van der Waals surface area contributed by atoms with Gasteiger partial charge in [0, 0.05) is 0 Å². The topological polar surface area (TPSA) is 27.0 Å². The second-order valence-electron chi connectivity index (χ2n) is 5.34. The van der Waals surface area contributed by atoms with Gasteiger partial charge in [0.2, 0.25) is 0 Å². The maximum absolute atomic E-state index is 9.31. The van der Waals surface area contributed by atoms with Crippen molar-refractivity contribution in [2.45, 2.75) is 51.5 Å². The van der Waals surface area contributed by atoms with Gasteiger partial charge in [0.25, 0.3) is 0 Å². The molecule has 0 aromatic rings. The third-order valence-electron chi connectivity index (χ3n) is 4.17. The van der Waals surface area contributed by atoms with Crippen LogP contribution in [0.25, 0.3) is 0 Å². The van der Waals surface area contributed by atoms with Crippen molar-refractivity contribution in [1.82, 2.24) is 4.90 Å². The Morgan fingerprint density at radius 2 is 1.73 bits per heavy atom. The normalized spacial score (nSPS) is 34.9. The van der Waals surface area contributed by atoms with E-state index in [1.165, 1.54) is 38.5 Å². The van der Waals surface area contributed by atoms with E-state index in [1.807, 2.05) is 0 Å². The van der Waals surface area contributed by atoms with Crippen LogP contribution in [0.2, 0.25) is 0 Å². The van der Waals surface area contributed by atoms with Gasteiger partial charge in [0.15, 0.2) is 0 Å². The van der Waals surface area contributed by atoms with Gasteiger partial charge in [-0.2, -0.15) is 5.26 Å². The van der Waals surface area contributed by atoms with Gasteiger partial charge >= 0.3 is 0 Å². The summed E-state index contributed by atoms with van der Waals surface area (Å²) in [5, 5.41) is 9.31. The van der Waals surface area contributed by atoms with E-state index >= 15 is 0 Å². The van der Waals surface area contributed by atoms with Crippen molar-refractivity contribution in [3.63, 3.8) is 0 Å². The summed E-state index contributed by atoms with van der Waals surface area (Å²) in [6.45, 7) is 4.65. The molecule has 2 heteroatoms. The molecule has 0 aromatic carbocycles. The first-order valence-electron chi connectivity index (χ1n) is 6.45. The number of hydrogen-bond acceptors (Lipinski definition) is 2. The van der Waals surface area contributed by atoms with Crippen molar-refractivity contribution in [2.75, 3.05) is 13.1 Å². The maximum atomic E-state index is 9.31. The molecule has 1 unspecified atom stereocenters. The van der Waals surface area contributed by atoms with Crippen LogP contribution in [-0.4, -0.2) is 24.0 Å². The minimum atomic E-state index is 0.222. The summed E-state index contributed by atoms with van der Waals surface area (Å²) in [5.74, 6) is 1.54. The molecule has 1 saturated carbocycles. The molecule has 84 valence electrons. The molecule has 1 heterocycles.